The van der Waals surface area contributed by atoms with Crippen molar-refractivity contribution in [3.8, 4) is 11.5 Å². The second-order valence-corrected chi connectivity index (χ2v) is 7.46. The quantitative estimate of drug-likeness (QED) is 0.376. The van der Waals surface area contributed by atoms with Crippen LogP contribution in [0.5, 0.6) is 11.5 Å². The smallest absolute Gasteiger partial charge is 0.312 e. The third-order valence-electron chi connectivity index (χ3n) is 5.33. The molecule has 0 bridgehead atoms. The molecule has 0 saturated carbocycles. The maximum absolute atomic E-state index is 12.5. The number of aliphatic hydroxyl groups excluding tert-OH is 1. The van der Waals surface area contributed by atoms with Crippen molar-refractivity contribution in [2.24, 2.45) is 0 Å². The minimum atomic E-state index is -0.986. The number of nitro groups is 1. The number of aromatic nitrogens is 2. The predicted molar refractivity (Wildman–Crippen MR) is 121 cm³/mol. The predicted octanol–water partition coefficient (Wildman–Crippen LogP) is 2.94. The molecular weight excluding hydrogens is 428 g/mol. The largest absolute Gasteiger partial charge is 0.497 e. The zero-order valence-corrected chi connectivity index (χ0v) is 18.9. The molecule has 1 heterocycles. The van der Waals surface area contributed by atoms with Crippen molar-refractivity contribution in [2.45, 2.75) is 26.5 Å². The summed E-state index contributed by atoms with van der Waals surface area (Å²) in [7, 11) is 3.03. The zero-order valence-electron chi connectivity index (χ0n) is 18.9. The van der Waals surface area contributed by atoms with Gasteiger partial charge in [0.15, 0.2) is 0 Å². The first kappa shape index (κ1) is 23.7. The van der Waals surface area contributed by atoms with Crippen molar-refractivity contribution in [2.75, 3.05) is 20.8 Å². The number of rotatable bonds is 9. The van der Waals surface area contributed by atoms with Crippen LogP contribution in [-0.4, -0.2) is 46.5 Å². The number of hydrogen-bond acceptors (Lipinski definition) is 7. The molecule has 0 saturated heterocycles. The number of amides is 1. The van der Waals surface area contributed by atoms with Crippen molar-refractivity contribution < 1.29 is 24.3 Å². The highest BCUT2D eigenvalue weighted by Crippen LogP contribution is 2.29. The standard InChI is InChI=1S/C23H26N4O6/c1-14-22(27(30)31)15(2)26(25-14)13-16-5-7-17(8-6-16)23(29)24-12-20(28)19-11-18(32-3)9-10-21(19)33-4/h5-11,20,28H,12-13H2,1-4H3,(H,24,29). The molecule has 0 aliphatic carbocycles. The summed E-state index contributed by atoms with van der Waals surface area (Å²) >= 11 is 0. The topological polar surface area (TPSA) is 129 Å². The summed E-state index contributed by atoms with van der Waals surface area (Å²) < 4.78 is 12.0. The van der Waals surface area contributed by atoms with Crippen molar-refractivity contribution in [3.63, 3.8) is 0 Å². The van der Waals surface area contributed by atoms with Gasteiger partial charge in [-0.05, 0) is 49.7 Å². The van der Waals surface area contributed by atoms with Gasteiger partial charge in [0.2, 0.25) is 0 Å². The molecule has 33 heavy (non-hydrogen) atoms. The van der Waals surface area contributed by atoms with E-state index in [9.17, 15) is 20.0 Å². The Kier molecular flexibility index (Phi) is 7.29. The Labute approximate surface area is 190 Å². The SMILES string of the molecule is COc1ccc(OC)c(C(O)CNC(=O)c2ccc(Cn3nc(C)c([N+](=O)[O-])c3C)cc2)c1. The molecule has 0 spiro atoms. The molecule has 10 nitrogen and oxygen atoms in total. The van der Waals surface area contributed by atoms with Crippen LogP contribution in [0.2, 0.25) is 0 Å². The number of nitrogens with one attached hydrogen (secondary N) is 1. The van der Waals surface area contributed by atoms with Gasteiger partial charge in [0.1, 0.15) is 29.0 Å². The molecule has 0 aliphatic rings. The van der Waals surface area contributed by atoms with Gasteiger partial charge in [0.25, 0.3) is 5.91 Å². The Morgan fingerprint density at radius 2 is 1.88 bits per heavy atom. The van der Waals surface area contributed by atoms with Crippen molar-refractivity contribution in [1.82, 2.24) is 15.1 Å². The Bertz CT molecular complexity index is 1160. The maximum atomic E-state index is 12.5. The number of aryl methyl sites for hydroxylation is 1. The van der Waals surface area contributed by atoms with Crippen LogP contribution in [-0.2, 0) is 6.54 Å². The first-order valence-corrected chi connectivity index (χ1v) is 10.2. The molecule has 1 aromatic heterocycles. The fraction of sp³-hybridized carbons (Fsp3) is 0.304. The number of methoxy groups -OCH3 is 2. The summed E-state index contributed by atoms with van der Waals surface area (Å²) in [5.74, 6) is 0.718. The van der Waals surface area contributed by atoms with E-state index in [0.29, 0.717) is 40.6 Å². The van der Waals surface area contributed by atoms with Crippen molar-refractivity contribution in [3.05, 3.63) is 80.7 Å². The first-order chi connectivity index (χ1) is 15.7. The normalized spacial score (nSPS) is 11.7. The van der Waals surface area contributed by atoms with E-state index >= 15 is 0 Å². The molecule has 3 aromatic rings. The second-order valence-electron chi connectivity index (χ2n) is 7.46. The van der Waals surface area contributed by atoms with E-state index in [1.165, 1.54) is 14.2 Å². The highest BCUT2D eigenvalue weighted by atomic mass is 16.6. The number of hydrogen-bond donors (Lipinski definition) is 2. The van der Waals surface area contributed by atoms with Gasteiger partial charge in [0, 0.05) is 17.7 Å². The molecule has 10 heteroatoms. The van der Waals surface area contributed by atoms with Crippen LogP contribution >= 0.6 is 0 Å². The highest BCUT2D eigenvalue weighted by molar-refractivity contribution is 5.94. The van der Waals surface area contributed by atoms with Gasteiger partial charge in [-0.25, -0.2) is 0 Å². The van der Waals surface area contributed by atoms with Crippen LogP contribution in [0.3, 0.4) is 0 Å². The highest BCUT2D eigenvalue weighted by Gasteiger charge is 2.22. The summed E-state index contributed by atoms with van der Waals surface area (Å²) in [6, 6.07) is 11.9. The molecular formula is C23H26N4O6. The number of carbonyl (C=O) groups excluding carboxylic acids is 1. The summed E-state index contributed by atoms with van der Waals surface area (Å²) in [6.07, 6.45) is -0.986. The summed E-state index contributed by atoms with van der Waals surface area (Å²) in [5, 5.41) is 28.7. The lowest BCUT2D eigenvalue weighted by Gasteiger charge is -2.16. The Hall–Kier alpha value is -3.92. The van der Waals surface area contributed by atoms with Crippen molar-refractivity contribution >= 4 is 11.6 Å². The first-order valence-electron chi connectivity index (χ1n) is 10.2. The average molecular weight is 454 g/mol. The van der Waals surface area contributed by atoms with Crippen molar-refractivity contribution in [1.29, 1.82) is 0 Å². The Morgan fingerprint density at radius 1 is 1.18 bits per heavy atom. The molecule has 1 atom stereocenters. The summed E-state index contributed by atoms with van der Waals surface area (Å²) in [4.78, 5) is 23.3. The van der Waals surface area contributed by atoms with E-state index in [2.05, 4.69) is 10.4 Å². The van der Waals surface area contributed by atoms with Gasteiger partial charge in [-0.1, -0.05) is 12.1 Å². The van der Waals surface area contributed by atoms with Crippen LogP contribution in [0.1, 0.15) is 39.0 Å². The molecule has 1 unspecified atom stereocenters. The third kappa shape index (κ3) is 5.29. The lowest BCUT2D eigenvalue weighted by molar-refractivity contribution is -0.386. The second kappa shape index (κ2) is 10.1. The van der Waals surface area contributed by atoms with Gasteiger partial charge in [-0.2, -0.15) is 5.10 Å². The lowest BCUT2D eigenvalue weighted by atomic mass is 10.1. The number of ether oxygens (including phenoxy) is 2. The van der Waals surface area contributed by atoms with Crippen LogP contribution in [0.15, 0.2) is 42.5 Å². The number of benzene rings is 2. The van der Waals surface area contributed by atoms with E-state index in [-0.39, 0.29) is 18.1 Å². The minimum Gasteiger partial charge on any atom is -0.497 e. The van der Waals surface area contributed by atoms with E-state index in [4.69, 9.17) is 9.47 Å². The Morgan fingerprint density at radius 3 is 2.45 bits per heavy atom. The maximum Gasteiger partial charge on any atom is 0.312 e. The Balaban J connectivity index is 1.64. The van der Waals surface area contributed by atoms with Crippen LogP contribution in [0, 0.1) is 24.0 Å². The zero-order chi connectivity index (χ0) is 24.1. The molecule has 174 valence electrons. The monoisotopic (exact) mass is 454 g/mol. The number of aliphatic hydroxyl groups is 1. The van der Waals surface area contributed by atoms with Gasteiger partial charge in [0.05, 0.1) is 25.7 Å². The molecule has 1 amide bonds. The minimum absolute atomic E-state index is 0.0113. The molecule has 0 aliphatic heterocycles. The van der Waals surface area contributed by atoms with E-state index in [1.807, 2.05) is 0 Å². The van der Waals surface area contributed by atoms with Crippen LogP contribution < -0.4 is 14.8 Å². The number of nitrogens with zero attached hydrogens (tertiary/aromatic N) is 3. The van der Waals surface area contributed by atoms with E-state index in [0.717, 1.165) is 5.56 Å². The van der Waals surface area contributed by atoms with Gasteiger partial charge < -0.3 is 19.9 Å². The fourth-order valence-corrected chi connectivity index (χ4v) is 3.54. The van der Waals surface area contributed by atoms with Crippen LogP contribution in [0.25, 0.3) is 0 Å². The molecule has 2 aromatic carbocycles. The van der Waals surface area contributed by atoms with Gasteiger partial charge in [-0.15, -0.1) is 0 Å². The van der Waals surface area contributed by atoms with E-state index in [1.54, 1.807) is 61.0 Å². The van der Waals surface area contributed by atoms with Crippen LogP contribution in [0.4, 0.5) is 5.69 Å². The molecule has 2 N–H and O–H groups in total. The summed E-state index contributed by atoms with van der Waals surface area (Å²) in [5.41, 5.74) is 2.61. The summed E-state index contributed by atoms with van der Waals surface area (Å²) in [6.45, 7) is 3.59. The molecule has 3 rings (SSSR count). The fourth-order valence-electron chi connectivity index (χ4n) is 3.54. The number of carbonyl (C=O) groups is 1. The third-order valence-corrected chi connectivity index (χ3v) is 5.33. The lowest BCUT2D eigenvalue weighted by Crippen LogP contribution is -2.28. The average Bonchev–Trinajstić information content (AvgIpc) is 3.09. The molecule has 0 radical (unpaired) electrons. The van der Waals surface area contributed by atoms with Gasteiger partial charge in [-0.3, -0.25) is 19.6 Å². The molecule has 0 fully saturated rings. The van der Waals surface area contributed by atoms with Gasteiger partial charge >= 0.3 is 5.69 Å². The van der Waals surface area contributed by atoms with E-state index < -0.39 is 11.0 Å².